The quantitative estimate of drug-likeness (QED) is 0.840. The maximum Gasteiger partial charge on any atom is 0.240 e. The van der Waals surface area contributed by atoms with Crippen LogP contribution in [-0.4, -0.2) is 29.4 Å². The van der Waals surface area contributed by atoms with Gasteiger partial charge in [-0.15, -0.1) is 0 Å². The van der Waals surface area contributed by atoms with E-state index < -0.39 is 0 Å². The molecule has 0 bridgehead atoms. The van der Waals surface area contributed by atoms with E-state index in [2.05, 4.69) is 10.3 Å². The number of hydrogen-bond donors (Lipinski definition) is 1. The molecule has 2 aromatic rings. The molecule has 2 amide bonds. The van der Waals surface area contributed by atoms with Gasteiger partial charge in [-0.2, -0.15) is 0 Å². The Morgan fingerprint density at radius 2 is 1.88 bits per heavy atom. The summed E-state index contributed by atoms with van der Waals surface area (Å²) in [6, 6.07) is 12.7. The molecule has 2 rings (SSSR count). The third kappa shape index (κ3) is 5.60. The standard InChI is InChI=1S/C19H23N3O3/c1-14(2)25-18-10-5-4-9-17(18)22(15(3)23)13-19(24)21-12-16-8-6-7-11-20-16/h4-11,14H,12-13H2,1-3H3,(H,21,24). The summed E-state index contributed by atoms with van der Waals surface area (Å²) in [4.78, 5) is 29.9. The van der Waals surface area contributed by atoms with Crippen LogP contribution in [0.5, 0.6) is 5.75 Å². The van der Waals surface area contributed by atoms with Gasteiger partial charge in [-0.1, -0.05) is 18.2 Å². The van der Waals surface area contributed by atoms with Gasteiger partial charge >= 0.3 is 0 Å². The van der Waals surface area contributed by atoms with Crippen LogP contribution >= 0.6 is 0 Å². The largest absolute Gasteiger partial charge is 0.489 e. The number of pyridine rings is 1. The van der Waals surface area contributed by atoms with Gasteiger partial charge in [-0.05, 0) is 38.1 Å². The van der Waals surface area contributed by atoms with Crippen molar-refractivity contribution in [1.29, 1.82) is 0 Å². The van der Waals surface area contributed by atoms with Crippen LogP contribution in [-0.2, 0) is 16.1 Å². The van der Waals surface area contributed by atoms with E-state index in [4.69, 9.17) is 4.74 Å². The fourth-order valence-electron chi connectivity index (χ4n) is 2.29. The number of carbonyl (C=O) groups is 2. The Bertz CT molecular complexity index is 717. The molecule has 6 heteroatoms. The van der Waals surface area contributed by atoms with Crippen molar-refractivity contribution in [2.24, 2.45) is 0 Å². The van der Waals surface area contributed by atoms with Crippen LogP contribution in [0.1, 0.15) is 26.5 Å². The predicted molar refractivity (Wildman–Crippen MR) is 96.3 cm³/mol. The third-order valence-corrected chi connectivity index (χ3v) is 3.39. The lowest BCUT2D eigenvalue weighted by atomic mass is 10.2. The smallest absolute Gasteiger partial charge is 0.240 e. The summed E-state index contributed by atoms with van der Waals surface area (Å²) in [6.45, 7) is 5.48. The highest BCUT2D eigenvalue weighted by Crippen LogP contribution is 2.28. The first-order chi connectivity index (χ1) is 12.0. The van der Waals surface area contributed by atoms with Crippen molar-refractivity contribution in [2.75, 3.05) is 11.4 Å². The number of para-hydroxylation sites is 2. The van der Waals surface area contributed by atoms with Gasteiger partial charge < -0.3 is 10.1 Å². The molecule has 0 aliphatic carbocycles. The molecular weight excluding hydrogens is 318 g/mol. The van der Waals surface area contributed by atoms with Crippen LogP contribution in [0.2, 0.25) is 0 Å². The highest BCUT2D eigenvalue weighted by Gasteiger charge is 2.19. The minimum absolute atomic E-state index is 0.0343. The zero-order chi connectivity index (χ0) is 18.2. The number of nitrogens with one attached hydrogen (secondary N) is 1. The number of rotatable bonds is 7. The van der Waals surface area contributed by atoms with Crippen LogP contribution in [0.3, 0.4) is 0 Å². The lowest BCUT2D eigenvalue weighted by molar-refractivity contribution is -0.123. The molecule has 0 radical (unpaired) electrons. The second kappa shape index (κ2) is 8.82. The number of carbonyl (C=O) groups excluding carboxylic acids is 2. The van der Waals surface area contributed by atoms with E-state index >= 15 is 0 Å². The van der Waals surface area contributed by atoms with Gasteiger partial charge in [0, 0.05) is 13.1 Å². The minimum Gasteiger partial charge on any atom is -0.489 e. The van der Waals surface area contributed by atoms with E-state index in [-0.39, 0.29) is 24.5 Å². The number of anilines is 1. The van der Waals surface area contributed by atoms with Crippen molar-refractivity contribution >= 4 is 17.5 Å². The molecule has 0 aliphatic rings. The zero-order valence-corrected chi connectivity index (χ0v) is 14.7. The van der Waals surface area contributed by atoms with Crippen molar-refractivity contribution in [3.05, 3.63) is 54.4 Å². The van der Waals surface area contributed by atoms with E-state index in [1.807, 2.05) is 44.2 Å². The van der Waals surface area contributed by atoms with Crippen LogP contribution in [0.15, 0.2) is 48.7 Å². The summed E-state index contributed by atoms with van der Waals surface area (Å²) in [7, 11) is 0. The molecular formula is C19H23N3O3. The summed E-state index contributed by atoms with van der Waals surface area (Å²) in [5.41, 5.74) is 1.34. The normalized spacial score (nSPS) is 10.4. The average Bonchev–Trinajstić information content (AvgIpc) is 2.59. The SMILES string of the molecule is CC(=O)N(CC(=O)NCc1ccccn1)c1ccccc1OC(C)C. The maximum atomic E-state index is 12.3. The first-order valence-electron chi connectivity index (χ1n) is 8.17. The molecule has 0 fully saturated rings. The maximum absolute atomic E-state index is 12.3. The molecule has 6 nitrogen and oxygen atoms in total. The molecule has 0 spiro atoms. The van der Waals surface area contributed by atoms with Gasteiger partial charge in [0.05, 0.1) is 24.0 Å². The van der Waals surface area contributed by atoms with Crippen molar-refractivity contribution in [2.45, 2.75) is 33.4 Å². The van der Waals surface area contributed by atoms with Gasteiger partial charge in [0.25, 0.3) is 0 Å². The second-order valence-electron chi connectivity index (χ2n) is 5.84. The number of benzene rings is 1. The number of hydrogen-bond acceptors (Lipinski definition) is 4. The fraction of sp³-hybridized carbons (Fsp3) is 0.316. The Morgan fingerprint density at radius 3 is 2.52 bits per heavy atom. The molecule has 0 unspecified atom stereocenters. The van der Waals surface area contributed by atoms with Gasteiger partial charge in [0.2, 0.25) is 11.8 Å². The van der Waals surface area contributed by atoms with E-state index in [9.17, 15) is 9.59 Å². The van der Waals surface area contributed by atoms with Gasteiger partial charge in [0.1, 0.15) is 12.3 Å². The predicted octanol–water partition coefficient (Wildman–Crippen LogP) is 2.54. The monoisotopic (exact) mass is 341 g/mol. The number of aromatic nitrogens is 1. The van der Waals surface area contributed by atoms with Gasteiger partial charge in [-0.3, -0.25) is 19.5 Å². The Morgan fingerprint density at radius 1 is 1.16 bits per heavy atom. The highest BCUT2D eigenvalue weighted by molar-refractivity contribution is 5.98. The van der Waals surface area contributed by atoms with E-state index in [0.717, 1.165) is 5.69 Å². The number of nitrogens with zero attached hydrogens (tertiary/aromatic N) is 2. The van der Waals surface area contributed by atoms with Crippen LogP contribution in [0.25, 0.3) is 0 Å². The molecule has 1 aromatic heterocycles. The van der Waals surface area contributed by atoms with Crippen LogP contribution in [0.4, 0.5) is 5.69 Å². The van der Waals surface area contributed by atoms with Gasteiger partial charge in [0.15, 0.2) is 0 Å². The third-order valence-electron chi connectivity index (χ3n) is 3.39. The summed E-state index contributed by atoms with van der Waals surface area (Å²) in [5, 5.41) is 2.78. The number of ether oxygens (including phenoxy) is 1. The zero-order valence-electron chi connectivity index (χ0n) is 14.7. The van der Waals surface area contributed by atoms with E-state index in [1.54, 1.807) is 18.3 Å². The summed E-state index contributed by atoms with van der Waals surface area (Å²) in [6.07, 6.45) is 1.64. The van der Waals surface area contributed by atoms with Crippen molar-refractivity contribution in [3.8, 4) is 5.75 Å². The summed E-state index contributed by atoms with van der Waals surface area (Å²) < 4.78 is 5.75. The molecule has 1 heterocycles. The Hall–Kier alpha value is -2.89. The van der Waals surface area contributed by atoms with Crippen molar-refractivity contribution in [3.63, 3.8) is 0 Å². The van der Waals surface area contributed by atoms with Crippen molar-refractivity contribution in [1.82, 2.24) is 10.3 Å². The first kappa shape index (κ1) is 18.4. The number of amides is 2. The Kier molecular flexibility index (Phi) is 6.51. The molecule has 0 saturated heterocycles. The lowest BCUT2D eigenvalue weighted by Crippen LogP contribution is -2.40. The molecule has 132 valence electrons. The summed E-state index contributed by atoms with van der Waals surface area (Å²) >= 11 is 0. The van der Waals surface area contributed by atoms with Crippen LogP contribution < -0.4 is 15.0 Å². The topological polar surface area (TPSA) is 71.5 Å². The van der Waals surface area contributed by atoms with E-state index in [1.165, 1.54) is 11.8 Å². The van der Waals surface area contributed by atoms with Gasteiger partial charge in [-0.25, -0.2) is 0 Å². The Balaban J connectivity index is 2.08. The van der Waals surface area contributed by atoms with Crippen LogP contribution in [0, 0.1) is 0 Å². The molecule has 0 saturated carbocycles. The molecule has 0 atom stereocenters. The second-order valence-corrected chi connectivity index (χ2v) is 5.84. The average molecular weight is 341 g/mol. The summed E-state index contributed by atoms with van der Waals surface area (Å²) in [5.74, 6) is 0.0817. The van der Waals surface area contributed by atoms with Crippen molar-refractivity contribution < 1.29 is 14.3 Å². The Labute approximate surface area is 147 Å². The molecule has 1 aromatic carbocycles. The lowest BCUT2D eigenvalue weighted by Gasteiger charge is -2.24. The van der Waals surface area contributed by atoms with E-state index in [0.29, 0.717) is 18.0 Å². The first-order valence-corrected chi connectivity index (χ1v) is 8.17. The fourth-order valence-corrected chi connectivity index (χ4v) is 2.29. The molecule has 0 aliphatic heterocycles. The highest BCUT2D eigenvalue weighted by atomic mass is 16.5. The molecule has 25 heavy (non-hydrogen) atoms. The minimum atomic E-state index is -0.264. The molecule has 1 N–H and O–H groups in total.